The van der Waals surface area contributed by atoms with Crippen LogP contribution in [0.4, 0.5) is 4.39 Å². The van der Waals surface area contributed by atoms with Crippen LogP contribution in [0.5, 0.6) is 5.75 Å². The lowest BCUT2D eigenvalue weighted by atomic mass is 10.1. The van der Waals surface area contributed by atoms with E-state index >= 15 is 4.39 Å². The highest BCUT2D eigenvalue weighted by Gasteiger charge is 2.20. The molecule has 0 N–H and O–H groups in total. The van der Waals surface area contributed by atoms with Crippen molar-refractivity contribution in [1.29, 1.82) is 0 Å². The molecule has 4 aromatic rings. The summed E-state index contributed by atoms with van der Waals surface area (Å²) in [6, 6.07) is 11.5. The smallest absolute Gasteiger partial charge is 0.255 e. The average Bonchev–Trinajstić information content (AvgIpc) is 3.57. The van der Waals surface area contributed by atoms with Crippen LogP contribution in [0.3, 0.4) is 0 Å². The van der Waals surface area contributed by atoms with E-state index in [0.29, 0.717) is 10.9 Å². The van der Waals surface area contributed by atoms with Gasteiger partial charge in [-0.3, -0.25) is 9.36 Å². The highest BCUT2D eigenvalue weighted by Crippen LogP contribution is 2.30. The van der Waals surface area contributed by atoms with Crippen molar-refractivity contribution in [2.24, 2.45) is 5.92 Å². The molecule has 0 saturated heterocycles. The van der Waals surface area contributed by atoms with E-state index in [1.165, 1.54) is 66.5 Å². The summed E-state index contributed by atoms with van der Waals surface area (Å²) < 4.78 is 52.4. The van der Waals surface area contributed by atoms with Crippen LogP contribution in [0.25, 0.3) is 16.6 Å². The first-order chi connectivity index (χ1) is 17.4. The van der Waals surface area contributed by atoms with Crippen molar-refractivity contribution < 1.29 is 22.1 Å². The minimum absolute atomic E-state index is 0.0684. The van der Waals surface area contributed by atoms with Gasteiger partial charge in [-0.15, -0.1) is 0 Å². The average molecular weight is 507 g/mol. The van der Waals surface area contributed by atoms with Crippen molar-refractivity contribution >= 4 is 20.7 Å². The van der Waals surface area contributed by atoms with Gasteiger partial charge in [0, 0.05) is 35.6 Å². The van der Waals surface area contributed by atoms with Gasteiger partial charge in [0.25, 0.3) is 5.56 Å². The van der Waals surface area contributed by atoms with Crippen LogP contribution in [0, 0.1) is 23.6 Å². The molecule has 0 amide bonds. The summed E-state index contributed by atoms with van der Waals surface area (Å²) >= 11 is 0. The predicted molar refractivity (Wildman–Crippen MR) is 132 cm³/mol. The van der Waals surface area contributed by atoms with E-state index in [1.807, 2.05) is 0 Å². The van der Waals surface area contributed by atoms with Crippen LogP contribution in [0.15, 0.2) is 69.0 Å². The van der Waals surface area contributed by atoms with Crippen LogP contribution in [-0.2, 0) is 15.6 Å². The number of methoxy groups -OCH3 is 1. The molecule has 2 aromatic carbocycles. The number of hydrogen-bond donors (Lipinski definition) is 0. The molecule has 5 rings (SSSR count). The van der Waals surface area contributed by atoms with E-state index < -0.39 is 21.2 Å². The minimum atomic E-state index is -3.71. The number of fused-ring (bicyclic) bond motifs is 1. The highest BCUT2D eigenvalue weighted by molar-refractivity contribution is 7.90. The highest BCUT2D eigenvalue weighted by atomic mass is 32.2. The lowest BCUT2D eigenvalue weighted by molar-refractivity contribution is 0.411. The third-order valence-corrected chi connectivity index (χ3v) is 7.98. The molecule has 1 aliphatic rings. The maximum Gasteiger partial charge on any atom is 0.255 e. The Morgan fingerprint density at radius 2 is 1.94 bits per heavy atom. The maximum atomic E-state index is 15.1. The molecule has 2 aromatic heterocycles. The molecule has 0 spiro atoms. The Morgan fingerprint density at radius 3 is 2.67 bits per heavy atom. The zero-order valence-corrected chi connectivity index (χ0v) is 20.3. The van der Waals surface area contributed by atoms with Gasteiger partial charge in [0.1, 0.15) is 23.6 Å². The Balaban J connectivity index is 1.58. The molecule has 0 aliphatic heterocycles. The second-order valence-corrected chi connectivity index (χ2v) is 10.7. The largest absolute Gasteiger partial charge is 0.495 e. The van der Waals surface area contributed by atoms with Crippen LogP contribution in [-0.4, -0.2) is 25.3 Å². The van der Waals surface area contributed by atoms with Gasteiger partial charge in [0.15, 0.2) is 9.84 Å². The van der Waals surface area contributed by atoms with Gasteiger partial charge in [-0.05, 0) is 37.1 Å². The molecule has 1 aliphatic carbocycles. The summed E-state index contributed by atoms with van der Waals surface area (Å²) in [5.74, 6) is 5.74. The topological polar surface area (TPSA) is 91.4 Å². The van der Waals surface area contributed by atoms with E-state index in [2.05, 4.69) is 17.0 Å². The first kappa shape index (κ1) is 23.8. The number of hydrogen-bond acceptors (Lipinski definition) is 6. The van der Waals surface area contributed by atoms with E-state index in [-0.39, 0.29) is 39.3 Å². The number of ether oxygens (including phenoxy) is 1. The lowest BCUT2D eigenvalue weighted by Crippen LogP contribution is -2.18. The van der Waals surface area contributed by atoms with Crippen LogP contribution in [0.1, 0.15) is 36.9 Å². The monoisotopic (exact) mass is 506 g/mol. The number of nitrogens with zero attached hydrogens (tertiary/aromatic N) is 2. The molecule has 0 radical (unpaired) electrons. The van der Waals surface area contributed by atoms with Gasteiger partial charge in [-0.25, -0.2) is 12.8 Å². The summed E-state index contributed by atoms with van der Waals surface area (Å²) in [4.78, 5) is 13.0. The van der Waals surface area contributed by atoms with Gasteiger partial charge >= 0.3 is 0 Å². The SMILES string of the molecule is COc1cc(C#CC2CCCC2)c(F)cc1-n1c(=O)ccc2cc(S(=O)(=O)Cc3ccon3)ccc21. The maximum absolute atomic E-state index is 15.1. The fraction of sp³-hybridized carbons (Fsp3) is 0.259. The van der Waals surface area contributed by atoms with Crippen LogP contribution in [0.2, 0.25) is 0 Å². The molecule has 0 bridgehead atoms. The molecule has 36 heavy (non-hydrogen) atoms. The van der Waals surface area contributed by atoms with Gasteiger partial charge in [-0.1, -0.05) is 29.8 Å². The van der Waals surface area contributed by atoms with Crippen molar-refractivity contribution in [2.75, 3.05) is 7.11 Å². The molecule has 1 saturated carbocycles. The zero-order chi connectivity index (χ0) is 25.3. The van der Waals surface area contributed by atoms with E-state index in [1.54, 1.807) is 0 Å². The second-order valence-electron chi connectivity index (χ2n) is 8.73. The summed E-state index contributed by atoms with van der Waals surface area (Å²) in [6.07, 6.45) is 5.62. The number of halogens is 1. The van der Waals surface area contributed by atoms with E-state index in [0.717, 1.165) is 25.7 Å². The summed E-state index contributed by atoms with van der Waals surface area (Å²) in [7, 11) is -2.27. The van der Waals surface area contributed by atoms with Gasteiger partial charge in [0.05, 0.1) is 34.5 Å². The normalized spacial score (nSPS) is 14.1. The lowest BCUT2D eigenvalue weighted by Gasteiger charge is -2.15. The molecular formula is C27H23FN2O5S. The fourth-order valence-corrected chi connectivity index (χ4v) is 5.77. The van der Waals surface area contributed by atoms with E-state index in [9.17, 15) is 13.2 Å². The van der Waals surface area contributed by atoms with Crippen molar-refractivity contribution in [3.63, 3.8) is 0 Å². The van der Waals surface area contributed by atoms with E-state index in [4.69, 9.17) is 9.26 Å². The zero-order valence-electron chi connectivity index (χ0n) is 19.5. The quantitative estimate of drug-likeness (QED) is 0.366. The molecule has 2 heterocycles. The Labute approximate surface area is 207 Å². The summed E-state index contributed by atoms with van der Waals surface area (Å²) in [5, 5.41) is 4.16. The standard InChI is InChI=1S/C27H23FN2O5S/c1-34-26-15-19(7-6-18-4-2-3-5-18)23(28)16-25(26)30-24-10-9-22(14-20(24)8-11-27(30)31)36(32,33)17-21-12-13-35-29-21/h8-16,18H,2-5,17H2,1H3. The molecule has 0 atom stereocenters. The van der Waals surface area contributed by atoms with Crippen molar-refractivity contribution in [3.05, 3.63) is 82.2 Å². The first-order valence-corrected chi connectivity index (χ1v) is 13.2. The van der Waals surface area contributed by atoms with Crippen molar-refractivity contribution in [3.8, 4) is 23.3 Å². The Morgan fingerprint density at radius 1 is 1.14 bits per heavy atom. The molecule has 9 heteroatoms. The number of benzene rings is 2. The molecule has 184 valence electrons. The molecule has 1 fully saturated rings. The van der Waals surface area contributed by atoms with Crippen LogP contribution < -0.4 is 10.3 Å². The molecular weight excluding hydrogens is 483 g/mol. The number of aromatic nitrogens is 2. The number of pyridine rings is 1. The fourth-order valence-electron chi connectivity index (χ4n) is 4.48. The van der Waals surface area contributed by atoms with Crippen LogP contribution >= 0.6 is 0 Å². The summed E-state index contributed by atoms with van der Waals surface area (Å²) in [6.45, 7) is 0. The summed E-state index contributed by atoms with van der Waals surface area (Å²) in [5.41, 5.74) is 0.692. The number of sulfone groups is 1. The Kier molecular flexibility index (Phi) is 6.37. The van der Waals surface area contributed by atoms with Gasteiger partial charge in [-0.2, -0.15) is 0 Å². The Hall–Kier alpha value is -3.90. The predicted octanol–water partition coefficient (Wildman–Crippen LogP) is 4.64. The third-order valence-electron chi connectivity index (χ3n) is 6.33. The second kappa shape index (κ2) is 9.63. The minimum Gasteiger partial charge on any atom is -0.495 e. The Bertz CT molecular complexity index is 1660. The molecule has 7 nitrogen and oxygen atoms in total. The van der Waals surface area contributed by atoms with Crippen molar-refractivity contribution in [1.82, 2.24) is 9.72 Å². The number of rotatable bonds is 5. The molecule has 0 unspecified atom stereocenters. The van der Waals surface area contributed by atoms with Gasteiger partial charge in [0.2, 0.25) is 0 Å². The van der Waals surface area contributed by atoms with Crippen molar-refractivity contribution in [2.45, 2.75) is 36.3 Å². The van der Waals surface area contributed by atoms with Gasteiger partial charge < -0.3 is 9.26 Å². The third kappa shape index (κ3) is 4.64. The first-order valence-electron chi connectivity index (χ1n) is 11.5.